The lowest BCUT2D eigenvalue weighted by Gasteiger charge is -2.30. The highest BCUT2D eigenvalue weighted by Gasteiger charge is 2.33. The number of nitrogens with one attached hydrogen (secondary N) is 1. The van der Waals surface area contributed by atoms with Crippen molar-refractivity contribution in [1.82, 2.24) is 28.9 Å². The van der Waals surface area contributed by atoms with Gasteiger partial charge in [0.25, 0.3) is 0 Å². The Morgan fingerprint density at radius 1 is 1.06 bits per heavy atom. The number of hydrogen-bond acceptors (Lipinski definition) is 8. The quantitative estimate of drug-likeness (QED) is 0.187. The summed E-state index contributed by atoms with van der Waals surface area (Å²) >= 11 is 11.7. The van der Waals surface area contributed by atoms with Crippen molar-refractivity contribution in [3.05, 3.63) is 44.0 Å². The third-order valence-electron chi connectivity index (χ3n) is 4.35. The fourth-order valence-corrected chi connectivity index (χ4v) is 5.13. The van der Waals surface area contributed by atoms with Gasteiger partial charge in [-0.05, 0) is 9.85 Å². The van der Waals surface area contributed by atoms with Crippen molar-refractivity contribution in [3.8, 4) is 0 Å². The van der Waals surface area contributed by atoms with Gasteiger partial charge in [0.05, 0.1) is 20.6 Å². The van der Waals surface area contributed by atoms with Gasteiger partial charge < -0.3 is 20.2 Å². The maximum Gasteiger partial charge on any atom is 0.434 e. The van der Waals surface area contributed by atoms with E-state index in [1.165, 1.54) is 40.3 Å². The number of rotatable bonds is 13. The molecular formula is C14H21Cl2N8O6P. The zero-order chi connectivity index (χ0) is 23.2. The predicted molar refractivity (Wildman–Crippen MR) is 112 cm³/mol. The summed E-state index contributed by atoms with van der Waals surface area (Å²) in [5.41, 5.74) is 0.713. The standard InChI is InChI=1S/C14H21Cl2N8O6P/c1-20-11(7-17-13(20)23(25)26)9-19-31(29,22(5-3-15)6-4-16)30-10-12-8-18-14(21(12)2)24(27)28/h7-8H,3-6,9-10H2,1-2H3,(H,19,29). The van der Waals surface area contributed by atoms with Crippen LogP contribution in [0.2, 0.25) is 0 Å². The van der Waals surface area contributed by atoms with Crippen molar-refractivity contribution in [2.75, 3.05) is 24.8 Å². The van der Waals surface area contributed by atoms with E-state index in [0.717, 1.165) is 0 Å². The van der Waals surface area contributed by atoms with Crippen molar-refractivity contribution in [3.63, 3.8) is 0 Å². The number of alkyl halides is 2. The number of nitrogens with zero attached hydrogens (tertiary/aromatic N) is 7. The summed E-state index contributed by atoms with van der Waals surface area (Å²) in [5.74, 6) is -0.476. The van der Waals surface area contributed by atoms with E-state index in [1.54, 1.807) is 0 Å². The Kier molecular flexibility index (Phi) is 8.91. The number of aromatic nitrogens is 4. The van der Waals surface area contributed by atoms with Crippen LogP contribution in [0, 0.1) is 20.2 Å². The second kappa shape index (κ2) is 11.0. The largest absolute Gasteiger partial charge is 0.434 e. The molecule has 0 amide bonds. The van der Waals surface area contributed by atoms with Gasteiger partial charge in [0, 0.05) is 24.8 Å². The van der Waals surface area contributed by atoms with E-state index in [4.69, 9.17) is 27.7 Å². The van der Waals surface area contributed by atoms with Gasteiger partial charge in [-0.3, -0.25) is 9.09 Å². The summed E-state index contributed by atoms with van der Waals surface area (Å²) in [7, 11) is -0.876. The Hall–Kier alpha value is -2.09. The Bertz CT molecular complexity index is 910. The van der Waals surface area contributed by atoms with Crippen LogP contribution >= 0.6 is 30.9 Å². The fourth-order valence-electron chi connectivity index (χ4n) is 2.64. The van der Waals surface area contributed by atoms with Gasteiger partial charge in [-0.25, -0.2) is 18.9 Å². The van der Waals surface area contributed by atoms with Crippen LogP contribution in [0.1, 0.15) is 11.4 Å². The smallest absolute Gasteiger partial charge is 0.390 e. The second-order valence-electron chi connectivity index (χ2n) is 6.19. The number of halogens is 2. The molecule has 172 valence electrons. The summed E-state index contributed by atoms with van der Waals surface area (Å²) in [6.07, 6.45) is 2.54. The third kappa shape index (κ3) is 5.99. The monoisotopic (exact) mass is 498 g/mol. The van der Waals surface area contributed by atoms with E-state index in [2.05, 4.69) is 15.1 Å². The molecule has 1 atom stereocenters. The first-order valence-electron chi connectivity index (χ1n) is 8.81. The second-order valence-corrected chi connectivity index (χ2v) is 9.13. The summed E-state index contributed by atoms with van der Waals surface area (Å²) in [5, 5.41) is 24.8. The molecule has 2 rings (SSSR count). The van der Waals surface area contributed by atoms with Gasteiger partial charge in [-0.1, -0.05) is 9.97 Å². The highest BCUT2D eigenvalue weighted by molar-refractivity contribution is 7.54. The molecule has 14 nitrogen and oxygen atoms in total. The Labute approximate surface area is 187 Å². The Morgan fingerprint density at radius 2 is 1.55 bits per heavy atom. The minimum Gasteiger partial charge on any atom is -0.390 e. The van der Waals surface area contributed by atoms with E-state index in [9.17, 15) is 24.8 Å². The average Bonchev–Trinajstić information content (AvgIpc) is 3.27. The molecule has 31 heavy (non-hydrogen) atoms. The molecule has 0 fully saturated rings. The first-order chi connectivity index (χ1) is 14.6. The van der Waals surface area contributed by atoms with Crippen LogP contribution in [0.4, 0.5) is 11.9 Å². The molecule has 0 saturated carbocycles. The number of hydrogen-bond donors (Lipinski definition) is 1. The third-order valence-corrected chi connectivity index (χ3v) is 6.87. The molecule has 0 radical (unpaired) electrons. The van der Waals surface area contributed by atoms with Crippen molar-refractivity contribution >= 4 is 42.8 Å². The van der Waals surface area contributed by atoms with E-state index < -0.39 is 17.5 Å². The van der Waals surface area contributed by atoms with Gasteiger partial charge in [0.1, 0.15) is 30.4 Å². The first kappa shape index (κ1) is 25.2. The van der Waals surface area contributed by atoms with Crippen LogP contribution in [0.5, 0.6) is 0 Å². The number of imidazole rings is 2. The maximum atomic E-state index is 13.7. The maximum absolute atomic E-state index is 13.7. The lowest BCUT2D eigenvalue weighted by Crippen LogP contribution is -2.32. The van der Waals surface area contributed by atoms with Gasteiger partial charge >= 0.3 is 19.6 Å². The molecule has 0 aromatic carbocycles. The zero-order valence-electron chi connectivity index (χ0n) is 16.7. The topological polar surface area (TPSA) is 163 Å². The zero-order valence-corrected chi connectivity index (χ0v) is 19.1. The van der Waals surface area contributed by atoms with Gasteiger partial charge in [0.15, 0.2) is 0 Å². The van der Waals surface area contributed by atoms with E-state index in [1.807, 2.05) is 0 Å². The lowest BCUT2D eigenvalue weighted by molar-refractivity contribution is -0.396. The summed E-state index contributed by atoms with van der Waals surface area (Å²) in [4.78, 5) is 28.1. The molecule has 1 N–H and O–H groups in total. The normalized spacial score (nSPS) is 13.5. The van der Waals surface area contributed by atoms with Crippen LogP contribution in [0.3, 0.4) is 0 Å². The molecule has 0 aliphatic rings. The SMILES string of the molecule is Cn1c(CNP(=O)(OCc2cnc([N+](=O)[O-])n2C)N(CCCl)CCCl)cnc1[N+](=O)[O-]. The number of nitro groups is 2. The average molecular weight is 499 g/mol. The summed E-state index contributed by atoms with van der Waals surface area (Å²) in [6, 6.07) is 0. The molecule has 2 heterocycles. The molecular weight excluding hydrogens is 478 g/mol. The molecule has 0 saturated heterocycles. The minimum atomic E-state index is -3.77. The van der Waals surface area contributed by atoms with E-state index >= 15 is 0 Å². The molecule has 0 aliphatic carbocycles. The lowest BCUT2D eigenvalue weighted by atomic mass is 10.5. The van der Waals surface area contributed by atoms with Crippen molar-refractivity contribution in [1.29, 1.82) is 0 Å². The molecule has 0 aliphatic heterocycles. The Balaban J connectivity index is 2.25. The molecule has 1 unspecified atom stereocenters. The van der Waals surface area contributed by atoms with Gasteiger partial charge in [-0.2, -0.15) is 0 Å². The van der Waals surface area contributed by atoms with Gasteiger partial charge in [-0.15, -0.1) is 23.2 Å². The van der Waals surface area contributed by atoms with Crippen LogP contribution < -0.4 is 5.09 Å². The summed E-state index contributed by atoms with van der Waals surface area (Å²) in [6.45, 7) is 0.0285. The van der Waals surface area contributed by atoms with E-state index in [0.29, 0.717) is 11.4 Å². The highest BCUT2D eigenvalue weighted by Crippen LogP contribution is 2.47. The first-order valence-corrected chi connectivity index (χ1v) is 11.5. The van der Waals surface area contributed by atoms with E-state index in [-0.39, 0.29) is 49.9 Å². The Morgan fingerprint density at radius 3 is 2.00 bits per heavy atom. The minimum absolute atomic E-state index is 0.0682. The molecule has 0 spiro atoms. The molecule has 0 bridgehead atoms. The fraction of sp³-hybridized carbons (Fsp3) is 0.571. The van der Waals surface area contributed by atoms with Crippen LogP contribution in [-0.2, 0) is 36.3 Å². The molecule has 2 aromatic heterocycles. The summed E-state index contributed by atoms with van der Waals surface area (Å²) < 4.78 is 23.3. The highest BCUT2D eigenvalue weighted by atomic mass is 35.5. The van der Waals surface area contributed by atoms with Crippen molar-refractivity contribution < 1.29 is 18.9 Å². The van der Waals surface area contributed by atoms with Crippen LogP contribution in [-0.4, -0.2) is 58.5 Å². The predicted octanol–water partition coefficient (Wildman–Crippen LogP) is 2.16. The van der Waals surface area contributed by atoms with Crippen LogP contribution in [0.15, 0.2) is 12.4 Å². The van der Waals surface area contributed by atoms with Crippen molar-refractivity contribution in [2.45, 2.75) is 13.2 Å². The van der Waals surface area contributed by atoms with Crippen molar-refractivity contribution in [2.24, 2.45) is 14.1 Å². The molecule has 2 aromatic rings. The van der Waals surface area contributed by atoms with Crippen LogP contribution in [0.25, 0.3) is 0 Å². The van der Waals surface area contributed by atoms with Gasteiger partial charge in [0.2, 0.25) is 0 Å². The molecule has 17 heteroatoms.